The number of ether oxygens (including phenoxy) is 1. The molecule has 0 radical (unpaired) electrons. The normalized spacial score (nSPS) is 21.2. The van der Waals surface area contributed by atoms with Crippen molar-refractivity contribution in [2.75, 3.05) is 13.2 Å². The third kappa shape index (κ3) is 11.3. The van der Waals surface area contributed by atoms with Crippen molar-refractivity contribution in [3.63, 3.8) is 0 Å². The minimum atomic E-state index is -1.55. The van der Waals surface area contributed by atoms with Crippen LogP contribution in [0.2, 0.25) is 0 Å². The van der Waals surface area contributed by atoms with E-state index in [9.17, 15) is 29.1 Å². The van der Waals surface area contributed by atoms with Crippen molar-refractivity contribution in [1.82, 2.24) is 26.2 Å². The van der Waals surface area contributed by atoms with Crippen LogP contribution in [0.3, 0.4) is 0 Å². The molecule has 1 saturated carbocycles. The van der Waals surface area contributed by atoms with Crippen molar-refractivity contribution in [2.45, 2.75) is 136 Å². The van der Waals surface area contributed by atoms with E-state index in [1.807, 2.05) is 52.0 Å². The Hall–Kier alpha value is -3.87. The number of likely N-dealkylation sites (tertiary alicyclic amines) is 1. The zero-order chi connectivity index (χ0) is 38.1. The molecule has 13 nitrogen and oxygen atoms in total. The van der Waals surface area contributed by atoms with E-state index < -0.39 is 54.2 Å². The number of carbonyl (C=O) groups is 5. The number of urea groups is 1. The van der Waals surface area contributed by atoms with Crippen molar-refractivity contribution in [3.05, 3.63) is 35.4 Å². The van der Waals surface area contributed by atoms with Gasteiger partial charge >= 0.3 is 12.1 Å². The molecule has 3 aliphatic rings. The first-order chi connectivity index (χ1) is 24.6. The maximum absolute atomic E-state index is 14.8. The molecular weight excluding hydrogens is 664 g/mol. The van der Waals surface area contributed by atoms with Crippen molar-refractivity contribution in [1.29, 1.82) is 0 Å². The summed E-state index contributed by atoms with van der Waals surface area (Å²) < 4.78 is 5.38. The standard InChI is InChI=1S/C39H62N6O7/c1-22(2)14-15-26-17-32(36(48)42-30(34(46)35(40)47)16-25-10-9-11-25)45(20-26)37(49)33(29-18-27-12-7-8-13-28(27)19-29)44-38(50)43-31(23(3)4)21-52-39(51)41-24(5)6/h7-8,12-13,22-26,29-34,46H,9-11,14-21H2,1-6H3,(H2,40,47)(H,41,51)(H,42,48)(H2,43,44,50)/t26?,30?,31-,32+,33+,34?/m1/s1. The van der Waals surface area contributed by atoms with Gasteiger partial charge in [-0.1, -0.05) is 77.6 Å². The first kappa shape index (κ1) is 40.9. The fourth-order valence-corrected chi connectivity index (χ4v) is 7.61. The number of rotatable bonds is 17. The van der Waals surface area contributed by atoms with E-state index >= 15 is 0 Å². The minimum Gasteiger partial charge on any atom is -0.447 e. The number of aliphatic hydroxyl groups excluding tert-OH is 1. The highest BCUT2D eigenvalue weighted by molar-refractivity contribution is 5.93. The number of nitrogens with zero attached hydrogens (tertiary/aromatic N) is 1. The molecule has 13 heteroatoms. The van der Waals surface area contributed by atoms with Crippen molar-refractivity contribution in [3.8, 4) is 0 Å². The van der Waals surface area contributed by atoms with Gasteiger partial charge in [0.05, 0.1) is 12.1 Å². The van der Waals surface area contributed by atoms with E-state index in [4.69, 9.17) is 10.5 Å². The Bertz CT molecular complexity index is 1370. The van der Waals surface area contributed by atoms with Crippen LogP contribution < -0.4 is 27.0 Å². The van der Waals surface area contributed by atoms with E-state index in [1.54, 1.807) is 4.90 Å². The van der Waals surface area contributed by atoms with Gasteiger partial charge in [-0.25, -0.2) is 9.59 Å². The second kappa shape index (κ2) is 18.8. The van der Waals surface area contributed by atoms with Gasteiger partial charge in [-0.3, -0.25) is 14.4 Å². The van der Waals surface area contributed by atoms with E-state index in [-0.39, 0.29) is 42.2 Å². The van der Waals surface area contributed by atoms with Crippen LogP contribution in [-0.2, 0) is 32.0 Å². The van der Waals surface area contributed by atoms with Crippen molar-refractivity contribution < 1.29 is 33.8 Å². The monoisotopic (exact) mass is 726 g/mol. The van der Waals surface area contributed by atoms with Gasteiger partial charge in [-0.05, 0) is 86.7 Å². The summed E-state index contributed by atoms with van der Waals surface area (Å²) in [6.45, 7) is 12.0. The van der Waals surface area contributed by atoms with Crippen LogP contribution in [0.25, 0.3) is 0 Å². The van der Waals surface area contributed by atoms with Crippen LogP contribution >= 0.6 is 0 Å². The highest BCUT2D eigenvalue weighted by Crippen LogP contribution is 2.34. The number of carbonyl (C=O) groups excluding carboxylic acids is 5. The first-order valence-electron chi connectivity index (χ1n) is 19.3. The highest BCUT2D eigenvalue weighted by Gasteiger charge is 2.46. The fourth-order valence-electron chi connectivity index (χ4n) is 7.61. The summed E-state index contributed by atoms with van der Waals surface area (Å²) in [5.41, 5.74) is 7.71. The Morgan fingerprint density at radius 1 is 0.904 bits per heavy atom. The third-order valence-electron chi connectivity index (χ3n) is 11.0. The Labute approximate surface area is 308 Å². The lowest BCUT2D eigenvalue weighted by Crippen LogP contribution is -2.60. The fraction of sp³-hybridized carbons (Fsp3) is 0.718. The number of nitrogens with two attached hydrogens (primary N) is 1. The molecule has 0 bridgehead atoms. The molecule has 0 spiro atoms. The van der Waals surface area contributed by atoms with Gasteiger partial charge < -0.3 is 41.7 Å². The molecule has 4 rings (SSSR count). The molecule has 0 aromatic heterocycles. The summed E-state index contributed by atoms with van der Waals surface area (Å²) in [4.78, 5) is 68.5. The molecule has 2 aliphatic carbocycles. The molecule has 7 N–H and O–H groups in total. The molecule has 1 aromatic rings. The van der Waals surface area contributed by atoms with E-state index in [1.165, 1.54) is 0 Å². The second-order valence-electron chi connectivity index (χ2n) is 16.4. The van der Waals surface area contributed by atoms with Gasteiger partial charge in [0.25, 0.3) is 0 Å². The molecular formula is C39H62N6O7. The number of benzene rings is 1. The smallest absolute Gasteiger partial charge is 0.407 e. The van der Waals surface area contributed by atoms with E-state index in [0.29, 0.717) is 38.1 Å². The summed E-state index contributed by atoms with van der Waals surface area (Å²) in [6.07, 6.45) is 4.62. The molecule has 1 saturated heterocycles. The predicted molar refractivity (Wildman–Crippen MR) is 198 cm³/mol. The number of fused-ring (bicyclic) bond motifs is 1. The number of alkyl carbamates (subject to hydrolysis) is 1. The second-order valence-corrected chi connectivity index (χ2v) is 16.4. The Morgan fingerprint density at radius 2 is 1.56 bits per heavy atom. The summed E-state index contributed by atoms with van der Waals surface area (Å²) >= 11 is 0. The SMILES string of the molecule is CC(C)CCC1C[C@@H](C(=O)NC(CC2CCC2)C(O)C(N)=O)N(C(=O)[C@@H](NC(=O)N[C@H](COC(=O)NC(C)C)C(C)C)C2Cc3ccccc3C2)C1. The van der Waals surface area contributed by atoms with Crippen LogP contribution in [0.15, 0.2) is 24.3 Å². The number of primary amides is 1. The molecule has 52 heavy (non-hydrogen) atoms. The highest BCUT2D eigenvalue weighted by atomic mass is 16.5. The lowest BCUT2D eigenvalue weighted by Gasteiger charge is -2.34. The quantitative estimate of drug-likeness (QED) is 0.142. The number of hydrogen-bond acceptors (Lipinski definition) is 7. The summed E-state index contributed by atoms with van der Waals surface area (Å²) in [5.74, 6) is -1.25. The molecule has 1 heterocycles. The summed E-state index contributed by atoms with van der Waals surface area (Å²) in [6, 6.07) is 4.13. The number of amides is 6. The topological polar surface area (TPSA) is 192 Å². The van der Waals surface area contributed by atoms with Gasteiger partial charge in [0.15, 0.2) is 6.10 Å². The zero-order valence-corrected chi connectivity index (χ0v) is 31.9. The number of hydrogen-bond donors (Lipinski definition) is 6. The molecule has 6 amide bonds. The van der Waals surface area contributed by atoms with Gasteiger partial charge in [0.2, 0.25) is 17.7 Å². The third-order valence-corrected chi connectivity index (χ3v) is 11.0. The Balaban J connectivity index is 1.57. The van der Waals surface area contributed by atoms with Crippen molar-refractivity contribution in [2.24, 2.45) is 35.3 Å². The lowest BCUT2D eigenvalue weighted by molar-refractivity contribution is -0.142. The average molecular weight is 727 g/mol. The van der Waals surface area contributed by atoms with Crippen molar-refractivity contribution >= 4 is 29.8 Å². The molecule has 290 valence electrons. The van der Waals surface area contributed by atoms with Gasteiger partial charge in [0, 0.05) is 12.6 Å². The number of aliphatic hydroxyl groups is 1. The van der Waals surface area contributed by atoms with Crippen LogP contribution in [-0.4, -0.2) is 89.3 Å². The maximum Gasteiger partial charge on any atom is 0.407 e. The van der Waals surface area contributed by atoms with E-state index in [2.05, 4.69) is 35.1 Å². The van der Waals surface area contributed by atoms with Gasteiger partial charge in [-0.2, -0.15) is 0 Å². The van der Waals surface area contributed by atoms with Gasteiger partial charge in [0.1, 0.15) is 18.7 Å². The van der Waals surface area contributed by atoms with Crippen LogP contribution in [0.4, 0.5) is 9.59 Å². The Morgan fingerprint density at radius 3 is 2.10 bits per heavy atom. The average Bonchev–Trinajstić information content (AvgIpc) is 3.69. The first-order valence-corrected chi connectivity index (χ1v) is 19.3. The summed E-state index contributed by atoms with van der Waals surface area (Å²) in [7, 11) is 0. The summed E-state index contributed by atoms with van der Waals surface area (Å²) in [5, 5.41) is 22.2. The molecule has 6 atom stereocenters. The van der Waals surface area contributed by atoms with Crippen LogP contribution in [0, 0.1) is 29.6 Å². The minimum absolute atomic E-state index is 0.0534. The largest absolute Gasteiger partial charge is 0.447 e. The molecule has 3 unspecified atom stereocenters. The molecule has 1 aliphatic heterocycles. The maximum atomic E-state index is 14.8. The predicted octanol–water partition coefficient (Wildman–Crippen LogP) is 3.40. The zero-order valence-electron chi connectivity index (χ0n) is 31.9. The molecule has 1 aromatic carbocycles. The lowest BCUT2D eigenvalue weighted by atomic mass is 9.79. The number of nitrogens with one attached hydrogen (secondary N) is 4. The van der Waals surface area contributed by atoms with Crippen LogP contribution in [0.1, 0.15) is 97.6 Å². The Kier molecular flexibility index (Phi) is 14.7. The van der Waals surface area contributed by atoms with Crippen LogP contribution in [0.5, 0.6) is 0 Å². The van der Waals surface area contributed by atoms with E-state index in [0.717, 1.165) is 43.2 Å². The molecule has 2 fully saturated rings. The van der Waals surface area contributed by atoms with Gasteiger partial charge in [-0.15, -0.1) is 0 Å².